The molecule has 2 rings (SSSR count). The van der Waals surface area contributed by atoms with Gasteiger partial charge in [-0.05, 0) is 25.0 Å². The van der Waals surface area contributed by atoms with Crippen LogP contribution >= 0.6 is 0 Å². The van der Waals surface area contributed by atoms with Crippen LogP contribution in [-0.2, 0) is 22.2 Å². The second-order valence-electron chi connectivity index (χ2n) is 5.33. The van der Waals surface area contributed by atoms with Crippen LogP contribution in [0.5, 0.6) is 0 Å². The quantitative estimate of drug-likeness (QED) is 0.892. The molecule has 120 valence electrons. The van der Waals surface area contributed by atoms with Crippen molar-refractivity contribution in [1.82, 2.24) is 10.3 Å². The number of aliphatic carboxylic acids is 1. The third kappa shape index (κ3) is 3.55. The molecule has 0 aromatic carbocycles. The molecule has 1 amide bonds. The van der Waals surface area contributed by atoms with Crippen molar-refractivity contribution in [3.63, 3.8) is 0 Å². The zero-order valence-electron chi connectivity index (χ0n) is 11.6. The van der Waals surface area contributed by atoms with Gasteiger partial charge in [0.2, 0.25) is 5.91 Å². The third-order valence-corrected chi connectivity index (χ3v) is 3.68. The first-order valence-corrected chi connectivity index (χ1v) is 6.80. The van der Waals surface area contributed by atoms with E-state index in [-0.39, 0.29) is 12.1 Å². The number of carboxylic acid groups (broad SMARTS) is 1. The maximum atomic E-state index is 12.6. The van der Waals surface area contributed by atoms with E-state index in [0.29, 0.717) is 25.7 Å². The average molecular weight is 316 g/mol. The highest BCUT2D eigenvalue weighted by Crippen LogP contribution is 2.30. The molecule has 1 aromatic heterocycles. The summed E-state index contributed by atoms with van der Waals surface area (Å²) in [5, 5.41) is 11.7. The van der Waals surface area contributed by atoms with E-state index in [1.165, 1.54) is 12.1 Å². The molecule has 0 saturated heterocycles. The number of hydrogen-bond acceptors (Lipinski definition) is 3. The van der Waals surface area contributed by atoms with Crippen molar-refractivity contribution in [3.05, 3.63) is 29.6 Å². The molecule has 0 atom stereocenters. The van der Waals surface area contributed by atoms with Crippen LogP contribution in [0.3, 0.4) is 0 Å². The monoisotopic (exact) mass is 316 g/mol. The zero-order chi connectivity index (χ0) is 16.4. The van der Waals surface area contributed by atoms with Crippen molar-refractivity contribution in [3.8, 4) is 0 Å². The Hall–Kier alpha value is -2.12. The van der Waals surface area contributed by atoms with Gasteiger partial charge in [0.05, 0.1) is 12.1 Å². The van der Waals surface area contributed by atoms with Crippen LogP contribution in [0.1, 0.15) is 37.1 Å². The number of hydrogen-bond donors (Lipinski definition) is 2. The highest BCUT2D eigenvalue weighted by atomic mass is 19.4. The van der Waals surface area contributed by atoms with Crippen molar-refractivity contribution in [2.24, 2.45) is 0 Å². The number of carboxylic acids is 1. The number of amides is 1. The lowest BCUT2D eigenvalue weighted by Gasteiger charge is -2.25. The van der Waals surface area contributed by atoms with Crippen LogP contribution in [0.2, 0.25) is 0 Å². The molecule has 22 heavy (non-hydrogen) atoms. The maximum Gasteiger partial charge on any atom is 0.433 e. The second-order valence-corrected chi connectivity index (χ2v) is 5.33. The Labute approximate surface area is 124 Å². The van der Waals surface area contributed by atoms with Gasteiger partial charge in [0, 0.05) is 0 Å². The molecule has 1 fully saturated rings. The standard InChI is InChI=1S/C14H15F3N2O3/c15-14(16,17)10-5-3-4-9(18-10)8-11(20)19-13(12(21)22)6-1-2-7-13/h3-5H,1-2,6-8H2,(H,19,20)(H,21,22). The van der Waals surface area contributed by atoms with Crippen LogP contribution in [0.4, 0.5) is 13.2 Å². The highest BCUT2D eigenvalue weighted by Gasteiger charge is 2.42. The Balaban J connectivity index is 2.08. The van der Waals surface area contributed by atoms with Crippen molar-refractivity contribution < 1.29 is 27.9 Å². The molecule has 0 bridgehead atoms. The van der Waals surface area contributed by atoms with E-state index in [1.807, 2.05) is 0 Å². The summed E-state index contributed by atoms with van der Waals surface area (Å²) in [6.45, 7) is 0. The first-order chi connectivity index (χ1) is 10.2. The molecule has 1 heterocycles. The van der Waals surface area contributed by atoms with Crippen LogP contribution in [0.15, 0.2) is 18.2 Å². The van der Waals surface area contributed by atoms with Gasteiger partial charge in [0.25, 0.3) is 0 Å². The largest absolute Gasteiger partial charge is 0.480 e. The summed E-state index contributed by atoms with van der Waals surface area (Å²) in [6, 6.07) is 3.29. The smallest absolute Gasteiger partial charge is 0.433 e. The Bertz CT molecular complexity index is 581. The topological polar surface area (TPSA) is 79.3 Å². The van der Waals surface area contributed by atoms with Gasteiger partial charge in [-0.1, -0.05) is 18.9 Å². The Kier molecular flexibility index (Phi) is 4.39. The predicted molar refractivity (Wildman–Crippen MR) is 69.9 cm³/mol. The Morgan fingerprint density at radius 3 is 2.45 bits per heavy atom. The lowest BCUT2D eigenvalue weighted by Crippen LogP contribution is -2.53. The van der Waals surface area contributed by atoms with Crippen LogP contribution in [-0.4, -0.2) is 27.5 Å². The number of rotatable bonds is 4. The molecule has 0 aliphatic heterocycles. The normalized spacial score (nSPS) is 17.2. The molecule has 2 N–H and O–H groups in total. The number of carbonyl (C=O) groups excluding carboxylic acids is 1. The second kappa shape index (κ2) is 5.94. The molecular weight excluding hydrogens is 301 g/mol. The molecule has 1 aliphatic rings. The third-order valence-electron chi connectivity index (χ3n) is 3.68. The minimum Gasteiger partial charge on any atom is -0.480 e. The number of pyridine rings is 1. The minimum atomic E-state index is -4.58. The summed E-state index contributed by atoms with van der Waals surface area (Å²) in [5.74, 6) is -1.76. The summed E-state index contributed by atoms with van der Waals surface area (Å²) in [5.41, 5.74) is -2.43. The van der Waals surface area contributed by atoms with E-state index in [0.717, 1.165) is 6.07 Å². The van der Waals surface area contributed by atoms with E-state index >= 15 is 0 Å². The van der Waals surface area contributed by atoms with Gasteiger partial charge in [-0.15, -0.1) is 0 Å². The molecule has 1 aromatic rings. The van der Waals surface area contributed by atoms with Crippen molar-refractivity contribution >= 4 is 11.9 Å². The van der Waals surface area contributed by atoms with Gasteiger partial charge in [-0.25, -0.2) is 9.78 Å². The van der Waals surface area contributed by atoms with E-state index in [9.17, 15) is 27.9 Å². The van der Waals surface area contributed by atoms with E-state index in [4.69, 9.17) is 0 Å². The first-order valence-electron chi connectivity index (χ1n) is 6.80. The van der Waals surface area contributed by atoms with Gasteiger partial charge < -0.3 is 10.4 Å². The van der Waals surface area contributed by atoms with Crippen LogP contribution in [0, 0.1) is 0 Å². The number of carbonyl (C=O) groups is 2. The molecule has 1 saturated carbocycles. The summed E-state index contributed by atoms with van der Waals surface area (Å²) < 4.78 is 37.7. The fraction of sp³-hybridized carbons (Fsp3) is 0.500. The SMILES string of the molecule is O=C(Cc1cccc(C(F)(F)F)n1)NC1(C(=O)O)CCCC1. The highest BCUT2D eigenvalue weighted by molar-refractivity contribution is 5.88. The molecule has 0 unspecified atom stereocenters. The molecule has 0 radical (unpaired) electrons. The van der Waals surface area contributed by atoms with Crippen molar-refractivity contribution in [2.75, 3.05) is 0 Å². The van der Waals surface area contributed by atoms with E-state index in [1.54, 1.807) is 0 Å². The lowest BCUT2D eigenvalue weighted by atomic mass is 9.97. The number of nitrogens with one attached hydrogen (secondary N) is 1. The van der Waals surface area contributed by atoms with Crippen molar-refractivity contribution in [2.45, 2.75) is 43.8 Å². The van der Waals surface area contributed by atoms with Crippen LogP contribution < -0.4 is 5.32 Å². The first kappa shape index (κ1) is 16.3. The molecular formula is C14H15F3N2O3. The minimum absolute atomic E-state index is 0.0501. The summed E-state index contributed by atoms with van der Waals surface area (Å²) >= 11 is 0. The number of nitrogens with zero attached hydrogens (tertiary/aromatic N) is 1. The zero-order valence-corrected chi connectivity index (χ0v) is 11.6. The van der Waals surface area contributed by atoms with Crippen LogP contribution in [0.25, 0.3) is 0 Å². The maximum absolute atomic E-state index is 12.6. The fourth-order valence-electron chi connectivity index (χ4n) is 2.58. The van der Waals surface area contributed by atoms with Gasteiger partial charge in [0.1, 0.15) is 11.2 Å². The van der Waals surface area contributed by atoms with Gasteiger partial charge >= 0.3 is 12.1 Å². The number of alkyl halides is 3. The molecule has 8 heteroatoms. The van der Waals surface area contributed by atoms with E-state index < -0.39 is 29.3 Å². The Morgan fingerprint density at radius 1 is 1.27 bits per heavy atom. The van der Waals surface area contributed by atoms with Gasteiger partial charge in [-0.2, -0.15) is 13.2 Å². The lowest BCUT2D eigenvalue weighted by molar-refractivity contribution is -0.147. The average Bonchev–Trinajstić information content (AvgIpc) is 2.87. The summed E-state index contributed by atoms with van der Waals surface area (Å²) in [6.07, 6.45) is -2.95. The number of aromatic nitrogens is 1. The summed E-state index contributed by atoms with van der Waals surface area (Å²) in [7, 11) is 0. The molecule has 1 aliphatic carbocycles. The Morgan fingerprint density at radius 2 is 1.91 bits per heavy atom. The molecule has 0 spiro atoms. The van der Waals surface area contributed by atoms with Gasteiger partial charge in [-0.3, -0.25) is 4.79 Å². The number of halogens is 3. The predicted octanol–water partition coefficient (Wildman–Crippen LogP) is 2.16. The van der Waals surface area contributed by atoms with E-state index in [2.05, 4.69) is 10.3 Å². The summed E-state index contributed by atoms with van der Waals surface area (Å²) in [4.78, 5) is 26.7. The van der Waals surface area contributed by atoms with Crippen molar-refractivity contribution in [1.29, 1.82) is 0 Å². The van der Waals surface area contributed by atoms with Gasteiger partial charge in [0.15, 0.2) is 0 Å². The molecule has 5 nitrogen and oxygen atoms in total. The fourth-order valence-corrected chi connectivity index (χ4v) is 2.58.